The van der Waals surface area contributed by atoms with Crippen molar-refractivity contribution >= 4 is 17.6 Å². The van der Waals surface area contributed by atoms with E-state index < -0.39 is 17.6 Å². The summed E-state index contributed by atoms with van der Waals surface area (Å²) in [5.74, 6) is -2.17. The third-order valence-electron chi connectivity index (χ3n) is 1.74. The predicted molar refractivity (Wildman–Crippen MR) is 41.0 cm³/mol. The number of carbonyl (C=O) groups excluding carboxylic acids is 3. The molecule has 0 aromatic carbocycles. The second-order valence-corrected chi connectivity index (χ2v) is 2.53. The summed E-state index contributed by atoms with van der Waals surface area (Å²) in [6.07, 6.45) is 2.61. The molecule has 1 aliphatic heterocycles. The van der Waals surface area contributed by atoms with E-state index in [2.05, 4.69) is 4.98 Å². The number of Topliss-reactive ketones (excluding diaryl/α,β-unsaturated/α-hetero) is 1. The smallest absolute Gasteiger partial charge is 0.285 e. The fourth-order valence-electron chi connectivity index (χ4n) is 1.12. The first-order chi connectivity index (χ1) is 6.20. The third-order valence-corrected chi connectivity index (χ3v) is 1.74. The number of aromatic nitrogens is 1. The summed E-state index contributed by atoms with van der Waals surface area (Å²) in [7, 11) is 0. The molecule has 0 saturated heterocycles. The van der Waals surface area contributed by atoms with Crippen molar-refractivity contribution in [2.75, 3.05) is 0 Å². The number of hydrogen-bond donors (Lipinski definition) is 1. The van der Waals surface area contributed by atoms with Gasteiger partial charge in [0.2, 0.25) is 0 Å². The van der Waals surface area contributed by atoms with Gasteiger partial charge in [-0.3, -0.25) is 24.7 Å². The van der Waals surface area contributed by atoms with Crippen molar-refractivity contribution in [3.8, 4) is 0 Å². The Hall–Kier alpha value is -2.04. The fraction of sp³-hybridized carbons (Fsp3) is 0. The van der Waals surface area contributed by atoms with E-state index >= 15 is 0 Å². The van der Waals surface area contributed by atoms with Crippen LogP contribution in [-0.4, -0.2) is 22.6 Å². The van der Waals surface area contributed by atoms with Crippen LogP contribution in [0.3, 0.4) is 0 Å². The van der Waals surface area contributed by atoms with E-state index in [4.69, 9.17) is 0 Å². The second kappa shape index (κ2) is 2.48. The third kappa shape index (κ3) is 1.01. The lowest BCUT2D eigenvalue weighted by Crippen LogP contribution is -2.42. The highest BCUT2D eigenvalue weighted by Crippen LogP contribution is 2.11. The van der Waals surface area contributed by atoms with Gasteiger partial charge in [0.05, 0.1) is 11.1 Å². The molecule has 64 valence electrons. The second-order valence-electron chi connectivity index (χ2n) is 2.53. The van der Waals surface area contributed by atoms with Crippen LogP contribution >= 0.6 is 0 Å². The molecule has 2 heterocycles. The number of rotatable bonds is 0. The highest BCUT2D eigenvalue weighted by molar-refractivity contribution is 6.49. The number of fused-ring (bicyclic) bond motifs is 1. The van der Waals surface area contributed by atoms with E-state index in [1.165, 1.54) is 18.5 Å². The molecule has 0 fully saturated rings. The van der Waals surface area contributed by atoms with Gasteiger partial charge in [0.15, 0.2) is 0 Å². The van der Waals surface area contributed by atoms with E-state index in [1.54, 1.807) is 0 Å². The Balaban J connectivity index is 2.67. The summed E-state index contributed by atoms with van der Waals surface area (Å²) in [5.41, 5.74) is 0.260. The highest BCUT2D eigenvalue weighted by Gasteiger charge is 2.29. The maximum atomic E-state index is 11.2. The standard InChI is InChI=1S/C8H4N2O3/c11-6-5-3-9-2-1-4(5)7(12)10-8(6)13/h1-3H,(H,10,12,13). The zero-order chi connectivity index (χ0) is 9.42. The summed E-state index contributed by atoms with van der Waals surface area (Å²) >= 11 is 0. The van der Waals surface area contributed by atoms with Crippen molar-refractivity contribution in [2.45, 2.75) is 0 Å². The molecule has 1 N–H and O–H groups in total. The number of pyridine rings is 1. The summed E-state index contributed by atoms with van der Waals surface area (Å²) in [4.78, 5) is 36.8. The summed E-state index contributed by atoms with van der Waals surface area (Å²) in [6.45, 7) is 0. The van der Waals surface area contributed by atoms with E-state index in [0.29, 0.717) is 0 Å². The molecule has 0 atom stereocenters. The number of hydrogen-bond acceptors (Lipinski definition) is 4. The van der Waals surface area contributed by atoms with Gasteiger partial charge in [0.25, 0.3) is 17.6 Å². The van der Waals surface area contributed by atoms with Gasteiger partial charge in [0, 0.05) is 12.4 Å². The molecule has 13 heavy (non-hydrogen) atoms. The van der Waals surface area contributed by atoms with Crippen molar-refractivity contribution in [1.29, 1.82) is 0 Å². The molecule has 0 bridgehead atoms. The Labute approximate surface area is 72.8 Å². The first-order valence-corrected chi connectivity index (χ1v) is 3.54. The molecule has 0 aliphatic carbocycles. The average Bonchev–Trinajstić information content (AvgIpc) is 2.15. The number of carbonyl (C=O) groups is 3. The molecule has 1 aromatic heterocycles. The van der Waals surface area contributed by atoms with Crippen LogP contribution < -0.4 is 5.32 Å². The van der Waals surface area contributed by atoms with Crippen LogP contribution in [0, 0.1) is 0 Å². The minimum absolute atomic E-state index is 0.0660. The van der Waals surface area contributed by atoms with Crippen molar-refractivity contribution in [3.05, 3.63) is 29.6 Å². The van der Waals surface area contributed by atoms with Crippen molar-refractivity contribution < 1.29 is 14.4 Å². The summed E-state index contributed by atoms with van der Waals surface area (Å²) in [5, 5.41) is 1.93. The minimum atomic E-state index is -0.898. The number of amides is 2. The molecular formula is C8H4N2O3. The lowest BCUT2D eigenvalue weighted by Gasteiger charge is -2.12. The van der Waals surface area contributed by atoms with Gasteiger partial charge in [0.1, 0.15) is 0 Å². The summed E-state index contributed by atoms with van der Waals surface area (Å²) < 4.78 is 0. The van der Waals surface area contributed by atoms with Crippen molar-refractivity contribution in [3.63, 3.8) is 0 Å². The van der Waals surface area contributed by atoms with Gasteiger partial charge in [-0.05, 0) is 6.07 Å². The molecule has 1 aromatic rings. The highest BCUT2D eigenvalue weighted by atomic mass is 16.2. The molecule has 0 radical (unpaired) electrons. The quantitative estimate of drug-likeness (QED) is 0.428. The normalized spacial score (nSPS) is 15.2. The van der Waals surface area contributed by atoms with Gasteiger partial charge in [-0.15, -0.1) is 0 Å². The topological polar surface area (TPSA) is 76.1 Å². The Bertz CT molecular complexity index is 425. The van der Waals surface area contributed by atoms with Crippen molar-refractivity contribution in [2.24, 2.45) is 0 Å². The maximum Gasteiger partial charge on any atom is 0.299 e. The molecule has 0 unspecified atom stereocenters. The van der Waals surface area contributed by atoms with Crippen LogP contribution in [0.4, 0.5) is 0 Å². The Morgan fingerprint density at radius 3 is 2.62 bits per heavy atom. The van der Waals surface area contributed by atoms with E-state index in [0.717, 1.165) is 0 Å². The predicted octanol–water partition coefficient (Wildman–Crippen LogP) is -0.466. The lowest BCUT2D eigenvalue weighted by molar-refractivity contribution is -0.116. The van der Waals surface area contributed by atoms with Gasteiger partial charge in [-0.25, -0.2) is 0 Å². The number of ketones is 1. The van der Waals surface area contributed by atoms with Crippen LogP contribution in [0.5, 0.6) is 0 Å². The molecule has 5 heteroatoms. The van der Waals surface area contributed by atoms with E-state index in [9.17, 15) is 14.4 Å². The van der Waals surface area contributed by atoms with Gasteiger partial charge >= 0.3 is 0 Å². The molecule has 0 saturated carbocycles. The van der Waals surface area contributed by atoms with Crippen LogP contribution in [0.25, 0.3) is 0 Å². The minimum Gasteiger partial charge on any atom is -0.285 e. The number of nitrogens with one attached hydrogen (secondary N) is 1. The van der Waals surface area contributed by atoms with Crippen LogP contribution in [0.15, 0.2) is 18.5 Å². The van der Waals surface area contributed by atoms with Crippen molar-refractivity contribution in [1.82, 2.24) is 10.3 Å². The first-order valence-electron chi connectivity index (χ1n) is 3.54. The van der Waals surface area contributed by atoms with Gasteiger partial charge in [-0.1, -0.05) is 0 Å². The molecular weight excluding hydrogens is 172 g/mol. The number of imide groups is 1. The zero-order valence-electron chi connectivity index (χ0n) is 6.40. The number of nitrogens with zero attached hydrogens (tertiary/aromatic N) is 1. The zero-order valence-corrected chi connectivity index (χ0v) is 6.40. The van der Waals surface area contributed by atoms with Gasteiger partial charge in [-0.2, -0.15) is 0 Å². The maximum absolute atomic E-state index is 11.2. The molecule has 2 rings (SSSR count). The average molecular weight is 176 g/mol. The molecule has 2 amide bonds. The van der Waals surface area contributed by atoms with Crippen LogP contribution in [0.2, 0.25) is 0 Å². The Morgan fingerprint density at radius 2 is 1.85 bits per heavy atom. The summed E-state index contributed by atoms with van der Waals surface area (Å²) in [6, 6.07) is 1.40. The largest absolute Gasteiger partial charge is 0.299 e. The lowest BCUT2D eigenvalue weighted by atomic mass is 10.0. The van der Waals surface area contributed by atoms with E-state index in [-0.39, 0.29) is 11.1 Å². The first kappa shape index (κ1) is 7.60. The SMILES string of the molecule is O=C1NC(=O)c2ccncc2C1=O. The van der Waals surface area contributed by atoms with Gasteiger partial charge < -0.3 is 0 Å². The van der Waals surface area contributed by atoms with Crippen LogP contribution in [0.1, 0.15) is 20.7 Å². The Kier molecular flexibility index (Phi) is 1.45. The monoisotopic (exact) mass is 176 g/mol. The molecule has 0 spiro atoms. The van der Waals surface area contributed by atoms with E-state index in [1.807, 2.05) is 5.32 Å². The fourth-order valence-corrected chi connectivity index (χ4v) is 1.12. The molecule has 1 aliphatic rings. The van der Waals surface area contributed by atoms with Crippen LogP contribution in [-0.2, 0) is 4.79 Å². The molecule has 5 nitrogen and oxygen atoms in total. The Morgan fingerprint density at radius 1 is 1.08 bits per heavy atom.